The fraction of sp³-hybridized carbons (Fsp3) is 0.750. The van der Waals surface area contributed by atoms with Gasteiger partial charge in [0.1, 0.15) is 5.02 Å². The third kappa shape index (κ3) is 7.12. The molecular formula is C24H37ClN6O4U. The quantitative estimate of drug-likeness (QED) is 0.420. The summed E-state index contributed by atoms with van der Waals surface area (Å²) < 4.78 is 12.7. The number of aliphatic hydroxyl groups is 1. The van der Waals surface area contributed by atoms with Crippen LogP contribution >= 0.6 is 11.6 Å². The number of anilines is 1. The molecule has 2 aromatic rings. The van der Waals surface area contributed by atoms with E-state index in [-0.39, 0.29) is 53.8 Å². The van der Waals surface area contributed by atoms with E-state index in [4.69, 9.17) is 26.0 Å². The Hall–Kier alpha value is -0.958. The first-order chi connectivity index (χ1) is 17.1. The second-order valence-electron chi connectivity index (χ2n) is 9.54. The molecule has 5 rings (SSSR count). The molecule has 0 spiro atoms. The minimum atomic E-state index is -0.224. The first-order valence-corrected chi connectivity index (χ1v) is 13.1. The Balaban J connectivity index is 0.00000117. The van der Waals surface area contributed by atoms with Crippen molar-refractivity contribution in [2.75, 3.05) is 45.3 Å². The van der Waals surface area contributed by atoms with E-state index in [9.17, 15) is 4.79 Å². The zero-order valence-electron chi connectivity index (χ0n) is 21.2. The number of hydrogen-bond donors (Lipinski definition) is 2. The summed E-state index contributed by atoms with van der Waals surface area (Å²) in [7, 11) is 1.00. The summed E-state index contributed by atoms with van der Waals surface area (Å²) in [5.41, 5.74) is 0.382. The molecule has 0 aromatic carbocycles. The maximum atomic E-state index is 13.0. The number of likely N-dealkylation sites (tertiary alicyclic amines) is 1. The number of rotatable bonds is 8. The van der Waals surface area contributed by atoms with Gasteiger partial charge in [0.2, 0.25) is 5.89 Å². The Kier molecular flexibility index (Phi) is 11.7. The zero-order valence-corrected chi connectivity index (χ0v) is 26.1. The van der Waals surface area contributed by atoms with E-state index in [0.717, 1.165) is 96.6 Å². The first kappa shape index (κ1) is 29.6. The maximum absolute atomic E-state index is 13.0. The summed E-state index contributed by atoms with van der Waals surface area (Å²) in [5, 5.41) is 19.2. The molecule has 2 aliphatic heterocycles. The van der Waals surface area contributed by atoms with Crippen molar-refractivity contribution in [3.63, 3.8) is 0 Å². The van der Waals surface area contributed by atoms with Crippen molar-refractivity contribution in [1.29, 1.82) is 0 Å². The standard InChI is InChI=1S/C23H33ClN6O3.CH4O.U/c1-2-19(22-27-21(28-33-22)16-5-6-16)29-9-7-17(8-10-29)30-23(31)20(24)18(13-26-30)25-12-15-4-3-11-32-14-15;1-2;/h13,15-17,19,25H,2-12,14H2,1H3;2H,1H3;. The third-order valence-electron chi connectivity index (χ3n) is 7.14. The molecule has 0 amide bonds. The van der Waals surface area contributed by atoms with Gasteiger partial charge in [0, 0.05) is 70.4 Å². The summed E-state index contributed by atoms with van der Waals surface area (Å²) >= 11 is 6.44. The number of nitrogens with zero attached hydrogens (tertiary/aromatic N) is 5. The van der Waals surface area contributed by atoms with Crippen LogP contribution in [0.2, 0.25) is 5.02 Å². The molecule has 10 nitrogen and oxygen atoms in total. The monoisotopic (exact) mass is 746 g/mol. The number of halogens is 1. The Bertz CT molecular complexity index is 1000. The van der Waals surface area contributed by atoms with Gasteiger partial charge in [-0.1, -0.05) is 23.7 Å². The molecule has 2 saturated heterocycles. The van der Waals surface area contributed by atoms with Gasteiger partial charge in [0.05, 0.1) is 30.6 Å². The second kappa shape index (κ2) is 14.3. The molecule has 36 heavy (non-hydrogen) atoms. The van der Waals surface area contributed by atoms with Gasteiger partial charge in [0.15, 0.2) is 5.82 Å². The van der Waals surface area contributed by atoms with Crippen molar-refractivity contribution < 1.29 is 45.5 Å². The summed E-state index contributed by atoms with van der Waals surface area (Å²) in [4.78, 5) is 20.0. The van der Waals surface area contributed by atoms with Crippen LogP contribution in [0.4, 0.5) is 5.69 Å². The van der Waals surface area contributed by atoms with Gasteiger partial charge in [-0.2, -0.15) is 10.1 Å². The molecule has 4 heterocycles. The van der Waals surface area contributed by atoms with Gasteiger partial charge < -0.3 is 19.7 Å². The molecule has 1 saturated carbocycles. The van der Waals surface area contributed by atoms with Gasteiger partial charge >= 0.3 is 0 Å². The molecule has 1 aliphatic carbocycles. The maximum Gasteiger partial charge on any atom is 0.287 e. The summed E-state index contributed by atoms with van der Waals surface area (Å²) in [6.07, 6.45) is 8.78. The summed E-state index contributed by atoms with van der Waals surface area (Å²) in [5.74, 6) is 2.50. The number of ether oxygens (including phenoxy) is 1. The Labute approximate surface area is 240 Å². The second-order valence-corrected chi connectivity index (χ2v) is 9.92. The molecule has 2 aromatic heterocycles. The fourth-order valence-electron chi connectivity index (χ4n) is 4.97. The molecule has 12 heteroatoms. The van der Waals surface area contributed by atoms with Gasteiger partial charge in [-0.3, -0.25) is 9.69 Å². The van der Waals surface area contributed by atoms with Gasteiger partial charge in [0.25, 0.3) is 5.56 Å². The van der Waals surface area contributed by atoms with E-state index in [0.29, 0.717) is 17.5 Å². The van der Waals surface area contributed by atoms with E-state index in [1.807, 2.05) is 0 Å². The topological polar surface area (TPSA) is 119 Å². The van der Waals surface area contributed by atoms with Gasteiger partial charge in [-0.05, 0) is 50.9 Å². The van der Waals surface area contributed by atoms with Crippen LogP contribution < -0.4 is 10.9 Å². The van der Waals surface area contributed by atoms with Crippen LogP contribution in [-0.4, -0.2) is 69.9 Å². The Morgan fingerprint density at radius 3 is 2.61 bits per heavy atom. The van der Waals surface area contributed by atoms with E-state index < -0.39 is 0 Å². The van der Waals surface area contributed by atoms with Crippen LogP contribution in [0.15, 0.2) is 15.5 Å². The van der Waals surface area contributed by atoms with Crippen molar-refractivity contribution in [3.8, 4) is 0 Å². The molecule has 3 fully saturated rings. The van der Waals surface area contributed by atoms with Crippen LogP contribution in [-0.2, 0) is 4.74 Å². The average Bonchev–Trinajstić information content (AvgIpc) is 3.65. The predicted octanol–water partition coefficient (Wildman–Crippen LogP) is 3.39. The minimum Gasteiger partial charge on any atom is -0.400 e. The largest absolute Gasteiger partial charge is 0.400 e. The summed E-state index contributed by atoms with van der Waals surface area (Å²) in [6.45, 7) is 6.16. The van der Waals surface area contributed by atoms with E-state index in [1.165, 1.54) is 0 Å². The van der Waals surface area contributed by atoms with E-state index in [2.05, 4.69) is 32.4 Å². The smallest absolute Gasteiger partial charge is 0.287 e. The van der Waals surface area contributed by atoms with Gasteiger partial charge in [-0.25, -0.2) is 4.68 Å². The molecule has 2 unspecified atom stereocenters. The number of piperidine rings is 1. The zero-order chi connectivity index (χ0) is 24.8. The van der Waals surface area contributed by atoms with Crippen LogP contribution in [0.1, 0.15) is 81.6 Å². The van der Waals surface area contributed by atoms with E-state index in [1.54, 1.807) is 10.9 Å². The molecular weight excluding hydrogens is 710 g/mol. The molecule has 0 bridgehead atoms. The molecule has 2 N–H and O–H groups in total. The number of nitrogens with one attached hydrogen (secondary N) is 1. The van der Waals surface area contributed by atoms with Crippen molar-refractivity contribution >= 4 is 17.3 Å². The fourth-order valence-corrected chi connectivity index (χ4v) is 5.17. The summed E-state index contributed by atoms with van der Waals surface area (Å²) in [6, 6.07) is 0.156. The minimum absolute atomic E-state index is 0. The molecule has 3 aliphatic rings. The van der Waals surface area contributed by atoms with E-state index >= 15 is 0 Å². The number of aliphatic hydroxyl groups excluding tert-OH is 1. The Morgan fingerprint density at radius 2 is 1.97 bits per heavy atom. The van der Waals surface area contributed by atoms with Crippen molar-refractivity contribution in [1.82, 2.24) is 24.8 Å². The van der Waals surface area contributed by atoms with Crippen molar-refractivity contribution in [2.45, 2.75) is 69.9 Å². The predicted molar refractivity (Wildman–Crippen MR) is 133 cm³/mol. The molecule has 2 atom stereocenters. The third-order valence-corrected chi connectivity index (χ3v) is 7.50. The normalized spacial score (nSPS) is 21.7. The Morgan fingerprint density at radius 1 is 1.22 bits per heavy atom. The number of hydrogen-bond acceptors (Lipinski definition) is 9. The van der Waals surface area contributed by atoms with Crippen molar-refractivity contribution in [3.05, 3.63) is 33.3 Å². The molecule has 0 radical (unpaired) electrons. The van der Waals surface area contributed by atoms with Crippen LogP contribution in [0.25, 0.3) is 0 Å². The van der Waals surface area contributed by atoms with Crippen molar-refractivity contribution in [2.24, 2.45) is 5.92 Å². The van der Waals surface area contributed by atoms with Crippen LogP contribution in [0, 0.1) is 37.0 Å². The SMILES string of the molecule is CCC(c1nc(C2CC2)no1)N1CCC(n2ncc(NCC3CCCOC3)c(Cl)c2=O)CC1.CO.[U]. The van der Waals surface area contributed by atoms with Gasteiger partial charge in [-0.15, -0.1) is 0 Å². The van der Waals surface area contributed by atoms with Crippen LogP contribution in [0.5, 0.6) is 0 Å². The average molecular weight is 747 g/mol. The molecule has 198 valence electrons. The van der Waals surface area contributed by atoms with Crippen LogP contribution in [0.3, 0.4) is 0 Å². The number of aromatic nitrogens is 4. The first-order valence-electron chi connectivity index (χ1n) is 12.7.